The summed E-state index contributed by atoms with van der Waals surface area (Å²) in [5, 5.41) is 14.6. The Kier molecular flexibility index (Phi) is 10.5. The van der Waals surface area contributed by atoms with Crippen LogP contribution in [0.2, 0.25) is 0 Å². The number of hydrogen-bond acceptors (Lipinski definition) is 6. The lowest BCUT2D eigenvalue weighted by Crippen LogP contribution is -2.54. The van der Waals surface area contributed by atoms with E-state index in [4.69, 9.17) is 0 Å². The predicted molar refractivity (Wildman–Crippen MR) is 160 cm³/mol. The molecule has 10 nitrogen and oxygen atoms in total. The Morgan fingerprint density at radius 2 is 1.67 bits per heavy atom. The third-order valence-electron chi connectivity index (χ3n) is 7.54. The first-order valence-corrected chi connectivity index (χ1v) is 15.7. The lowest BCUT2D eigenvalue weighted by Gasteiger charge is -2.34. The predicted octanol–water partition coefficient (Wildman–Crippen LogP) is 5.19. The Hall–Kier alpha value is -4.32. The van der Waals surface area contributed by atoms with Crippen molar-refractivity contribution in [2.75, 3.05) is 10.8 Å². The van der Waals surface area contributed by atoms with Crippen molar-refractivity contribution in [1.82, 2.24) is 10.2 Å². The summed E-state index contributed by atoms with van der Waals surface area (Å²) in [6.45, 7) is 0.950. The van der Waals surface area contributed by atoms with Gasteiger partial charge in [-0.25, -0.2) is 12.8 Å². The van der Waals surface area contributed by atoms with Gasteiger partial charge in [0, 0.05) is 24.7 Å². The number of nitrogens with zero attached hydrogens (tertiary/aromatic N) is 3. The van der Waals surface area contributed by atoms with E-state index in [1.165, 1.54) is 71.6 Å². The lowest BCUT2D eigenvalue weighted by atomic mass is 9.95. The van der Waals surface area contributed by atoms with Gasteiger partial charge in [-0.3, -0.25) is 24.0 Å². The van der Waals surface area contributed by atoms with Crippen LogP contribution < -0.4 is 9.62 Å². The summed E-state index contributed by atoms with van der Waals surface area (Å²) in [5.74, 6) is -1.51. The van der Waals surface area contributed by atoms with Crippen molar-refractivity contribution in [3.05, 3.63) is 100 Å². The Bertz CT molecular complexity index is 1530. The Morgan fingerprint density at radius 1 is 1.00 bits per heavy atom. The standard InChI is InChI=1S/C31H35FN4O6S/c1-2-29(31(38)33-25-10-5-3-6-11-25)34(21-23-16-18-24(32)19-17-23)30(37)22-35(26-12-9-13-27(20-26)36(39)40)43(41,42)28-14-7-4-8-15-28/h4,7-9,12-20,25,29H,2-3,5-6,10-11,21-22H2,1H3,(H,33,38). The van der Waals surface area contributed by atoms with Crippen molar-refractivity contribution < 1.29 is 27.3 Å². The van der Waals surface area contributed by atoms with Gasteiger partial charge in [0.15, 0.2) is 0 Å². The number of amides is 2. The van der Waals surface area contributed by atoms with E-state index in [0.29, 0.717) is 5.56 Å². The molecular weight excluding hydrogens is 575 g/mol. The van der Waals surface area contributed by atoms with Crippen LogP contribution in [0.1, 0.15) is 51.0 Å². The fourth-order valence-corrected chi connectivity index (χ4v) is 6.69. The maximum absolute atomic E-state index is 14.1. The third-order valence-corrected chi connectivity index (χ3v) is 9.33. The van der Waals surface area contributed by atoms with Crippen molar-refractivity contribution in [3.8, 4) is 0 Å². The quantitative estimate of drug-likeness (QED) is 0.222. The van der Waals surface area contributed by atoms with Gasteiger partial charge >= 0.3 is 0 Å². The van der Waals surface area contributed by atoms with Crippen LogP contribution in [-0.4, -0.2) is 48.7 Å². The summed E-state index contributed by atoms with van der Waals surface area (Å²) in [6.07, 6.45) is 5.01. The number of sulfonamides is 1. The van der Waals surface area contributed by atoms with Crippen LogP contribution >= 0.6 is 0 Å². The average Bonchev–Trinajstić information content (AvgIpc) is 3.01. The molecule has 1 atom stereocenters. The van der Waals surface area contributed by atoms with E-state index in [1.807, 2.05) is 0 Å². The lowest BCUT2D eigenvalue weighted by molar-refractivity contribution is -0.384. The molecule has 3 aromatic rings. The molecule has 1 unspecified atom stereocenters. The zero-order valence-electron chi connectivity index (χ0n) is 23.9. The van der Waals surface area contributed by atoms with Gasteiger partial charge in [-0.05, 0) is 55.2 Å². The molecule has 1 N–H and O–H groups in total. The van der Waals surface area contributed by atoms with E-state index < -0.39 is 39.3 Å². The summed E-state index contributed by atoms with van der Waals surface area (Å²) < 4.78 is 42.2. The number of benzene rings is 3. The van der Waals surface area contributed by atoms with Gasteiger partial charge in [0.1, 0.15) is 18.4 Å². The largest absolute Gasteiger partial charge is 0.352 e. The zero-order chi connectivity index (χ0) is 31.0. The highest BCUT2D eigenvalue weighted by atomic mass is 32.2. The molecule has 1 aliphatic carbocycles. The van der Waals surface area contributed by atoms with Crippen LogP contribution in [0.4, 0.5) is 15.8 Å². The van der Waals surface area contributed by atoms with Gasteiger partial charge < -0.3 is 10.2 Å². The molecule has 1 aliphatic rings. The molecule has 0 aliphatic heterocycles. The van der Waals surface area contributed by atoms with Gasteiger partial charge in [0.25, 0.3) is 15.7 Å². The molecule has 0 radical (unpaired) electrons. The van der Waals surface area contributed by atoms with E-state index in [-0.39, 0.29) is 41.2 Å². The molecule has 0 bridgehead atoms. The van der Waals surface area contributed by atoms with Crippen molar-refractivity contribution in [2.24, 2.45) is 0 Å². The number of carbonyl (C=O) groups excluding carboxylic acids is 2. The van der Waals surface area contributed by atoms with Gasteiger partial charge in [-0.2, -0.15) is 0 Å². The molecule has 1 fully saturated rings. The summed E-state index contributed by atoms with van der Waals surface area (Å²) in [7, 11) is -4.37. The molecule has 0 spiro atoms. The van der Waals surface area contributed by atoms with Crippen LogP contribution in [0.3, 0.4) is 0 Å². The maximum atomic E-state index is 14.1. The smallest absolute Gasteiger partial charge is 0.271 e. The van der Waals surface area contributed by atoms with Gasteiger partial charge in [0.05, 0.1) is 15.5 Å². The van der Waals surface area contributed by atoms with E-state index in [0.717, 1.165) is 42.5 Å². The highest BCUT2D eigenvalue weighted by molar-refractivity contribution is 7.92. The van der Waals surface area contributed by atoms with Crippen LogP contribution in [0.5, 0.6) is 0 Å². The molecule has 12 heteroatoms. The molecule has 3 aromatic carbocycles. The number of nitro benzene ring substituents is 1. The summed E-state index contributed by atoms with van der Waals surface area (Å²) >= 11 is 0. The highest BCUT2D eigenvalue weighted by Crippen LogP contribution is 2.28. The number of rotatable bonds is 12. The Labute approximate surface area is 250 Å². The molecule has 228 valence electrons. The first kappa shape index (κ1) is 31.6. The van der Waals surface area contributed by atoms with E-state index >= 15 is 0 Å². The summed E-state index contributed by atoms with van der Waals surface area (Å²) in [5.41, 5.74) is 0.124. The second-order valence-electron chi connectivity index (χ2n) is 10.5. The van der Waals surface area contributed by atoms with Gasteiger partial charge in [-0.15, -0.1) is 0 Å². The SMILES string of the molecule is CCC(C(=O)NC1CCCCC1)N(Cc1ccc(F)cc1)C(=O)CN(c1cccc([N+](=O)[O-])c1)S(=O)(=O)c1ccccc1. The van der Waals surface area contributed by atoms with Crippen LogP contribution in [-0.2, 0) is 26.2 Å². The second kappa shape index (κ2) is 14.2. The van der Waals surface area contributed by atoms with E-state index in [1.54, 1.807) is 13.0 Å². The number of nitro groups is 1. The average molecular weight is 611 g/mol. The number of hydrogen-bond donors (Lipinski definition) is 1. The molecule has 0 aromatic heterocycles. The molecular formula is C31H35FN4O6S. The summed E-state index contributed by atoms with van der Waals surface area (Å²) in [6, 6.07) is 17.0. The number of anilines is 1. The second-order valence-corrected chi connectivity index (χ2v) is 12.4. The van der Waals surface area contributed by atoms with Crippen LogP contribution in [0.15, 0.2) is 83.8 Å². The number of carbonyl (C=O) groups is 2. The molecule has 2 amide bonds. The zero-order valence-corrected chi connectivity index (χ0v) is 24.7. The molecule has 1 saturated carbocycles. The normalized spacial score (nSPS) is 14.5. The summed E-state index contributed by atoms with van der Waals surface area (Å²) in [4.78, 5) is 39.7. The van der Waals surface area contributed by atoms with Crippen molar-refractivity contribution in [3.63, 3.8) is 0 Å². The number of nitrogens with one attached hydrogen (secondary N) is 1. The first-order valence-electron chi connectivity index (χ1n) is 14.3. The molecule has 0 heterocycles. The molecule has 43 heavy (non-hydrogen) atoms. The first-order chi connectivity index (χ1) is 20.6. The number of non-ortho nitro benzene ring substituents is 1. The Morgan fingerprint density at radius 3 is 2.30 bits per heavy atom. The van der Waals surface area contributed by atoms with Crippen molar-refractivity contribution in [1.29, 1.82) is 0 Å². The minimum Gasteiger partial charge on any atom is -0.352 e. The Balaban J connectivity index is 1.72. The van der Waals surface area contributed by atoms with Gasteiger partial charge in [0.2, 0.25) is 11.8 Å². The minimum atomic E-state index is -4.37. The van der Waals surface area contributed by atoms with Crippen LogP contribution in [0.25, 0.3) is 0 Å². The topological polar surface area (TPSA) is 130 Å². The molecule has 4 rings (SSSR count). The fourth-order valence-electron chi connectivity index (χ4n) is 5.26. The van der Waals surface area contributed by atoms with Crippen molar-refractivity contribution in [2.45, 2.75) is 69.0 Å². The highest BCUT2D eigenvalue weighted by Gasteiger charge is 2.34. The monoisotopic (exact) mass is 610 g/mol. The van der Waals surface area contributed by atoms with Crippen LogP contribution in [0, 0.1) is 15.9 Å². The third kappa shape index (κ3) is 7.95. The molecule has 0 saturated heterocycles. The van der Waals surface area contributed by atoms with E-state index in [2.05, 4.69) is 5.32 Å². The maximum Gasteiger partial charge on any atom is 0.271 e. The van der Waals surface area contributed by atoms with Crippen molar-refractivity contribution >= 4 is 33.2 Å². The fraction of sp³-hybridized carbons (Fsp3) is 0.355. The van der Waals surface area contributed by atoms with Gasteiger partial charge in [-0.1, -0.05) is 62.6 Å². The number of halogens is 1. The minimum absolute atomic E-state index is 0.0158. The van der Waals surface area contributed by atoms with E-state index in [9.17, 15) is 32.5 Å².